The summed E-state index contributed by atoms with van der Waals surface area (Å²) in [6.07, 6.45) is 0.460. The van der Waals surface area contributed by atoms with Crippen LogP contribution in [0.25, 0.3) is 0 Å². The van der Waals surface area contributed by atoms with Crippen molar-refractivity contribution in [3.8, 4) is 0 Å². The summed E-state index contributed by atoms with van der Waals surface area (Å²) < 4.78 is 10.3. The first-order valence-electron chi connectivity index (χ1n) is 9.74. The van der Waals surface area contributed by atoms with Crippen LogP contribution >= 0.6 is 0 Å². The number of carbonyl (C=O) groups excluding carboxylic acids is 4. The van der Waals surface area contributed by atoms with Crippen LogP contribution in [0.1, 0.15) is 47.4 Å². The maximum absolute atomic E-state index is 12.4. The number of hydrogen-bond donors (Lipinski definition) is 0. The quantitative estimate of drug-likeness (QED) is 0.336. The molecule has 0 saturated carbocycles. The summed E-state index contributed by atoms with van der Waals surface area (Å²) in [4.78, 5) is 48.9. The van der Waals surface area contributed by atoms with Gasteiger partial charge in [0.05, 0.1) is 0 Å². The van der Waals surface area contributed by atoms with Crippen molar-refractivity contribution in [1.29, 1.82) is 0 Å². The molecule has 0 fully saturated rings. The van der Waals surface area contributed by atoms with Crippen LogP contribution in [0.5, 0.6) is 0 Å². The topological polar surface area (TPSA) is 86.7 Å². The Morgan fingerprint density at radius 3 is 1.30 bits per heavy atom. The van der Waals surface area contributed by atoms with Gasteiger partial charge < -0.3 is 9.47 Å². The molecular formula is C24H24O6. The second-order valence-electron chi connectivity index (χ2n) is 6.46. The van der Waals surface area contributed by atoms with E-state index in [-0.39, 0.29) is 11.6 Å². The van der Waals surface area contributed by atoms with Crippen molar-refractivity contribution in [3.63, 3.8) is 0 Å². The van der Waals surface area contributed by atoms with E-state index in [4.69, 9.17) is 9.47 Å². The highest BCUT2D eigenvalue weighted by atomic mass is 16.6. The highest BCUT2D eigenvalue weighted by Crippen LogP contribution is 2.11. The van der Waals surface area contributed by atoms with Crippen molar-refractivity contribution in [2.24, 2.45) is 0 Å². The standard InChI is InChI=1S/C24H24O6/c1-3-19(23(27)17-11-7-5-8-12-17)29-21(25)15-16-22(26)30-20(4-2)24(28)18-13-9-6-10-14-18/h5-16,19-20H,3-4H2,1-2H3/b16-15+. The Balaban J connectivity index is 1.93. The van der Waals surface area contributed by atoms with Crippen LogP contribution < -0.4 is 0 Å². The molecule has 156 valence electrons. The number of Topliss-reactive ketones (excluding diaryl/α,β-unsaturated/α-hetero) is 2. The molecule has 0 aromatic heterocycles. The van der Waals surface area contributed by atoms with Crippen molar-refractivity contribution < 1.29 is 28.7 Å². The number of rotatable bonds is 10. The van der Waals surface area contributed by atoms with Crippen LogP contribution in [-0.2, 0) is 19.1 Å². The smallest absolute Gasteiger partial charge is 0.331 e. The van der Waals surface area contributed by atoms with Crippen LogP contribution in [0.4, 0.5) is 0 Å². The minimum Gasteiger partial charge on any atom is -0.451 e. The lowest BCUT2D eigenvalue weighted by Crippen LogP contribution is -2.27. The zero-order valence-electron chi connectivity index (χ0n) is 16.9. The maximum Gasteiger partial charge on any atom is 0.331 e. The molecule has 6 nitrogen and oxygen atoms in total. The van der Waals surface area contributed by atoms with E-state index in [1.807, 2.05) is 0 Å². The Labute approximate surface area is 175 Å². The van der Waals surface area contributed by atoms with Crippen LogP contribution in [0.2, 0.25) is 0 Å². The molecule has 2 atom stereocenters. The average molecular weight is 408 g/mol. The maximum atomic E-state index is 12.4. The molecule has 0 amide bonds. The van der Waals surface area contributed by atoms with Gasteiger partial charge in [0, 0.05) is 23.3 Å². The van der Waals surface area contributed by atoms with Crippen molar-refractivity contribution >= 4 is 23.5 Å². The lowest BCUT2D eigenvalue weighted by molar-refractivity contribution is -0.143. The van der Waals surface area contributed by atoms with E-state index in [9.17, 15) is 19.2 Å². The highest BCUT2D eigenvalue weighted by Gasteiger charge is 2.23. The molecule has 2 aromatic rings. The molecule has 0 aliphatic carbocycles. The van der Waals surface area contributed by atoms with Crippen LogP contribution in [-0.4, -0.2) is 35.7 Å². The van der Waals surface area contributed by atoms with E-state index in [1.165, 1.54) is 0 Å². The van der Waals surface area contributed by atoms with E-state index >= 15 is 0 Å². The third-order valence-corrected chi connectivity index (χ3v) is 4.32. The van der Waals surface area contributed by atoms with E-state index in [0.717, 1.165) is 12.2 Å². The lowest BCUT2D eigenvalue weighted by Gasteiger charge is -2.14. The second-order valence-corrected chi connectivity index (χ2v) is 6.46. The molecule has 0 bridgehead atoms. The number of carbonyl (C=O) groups is 4. The molecular weight excluding hydrogens is 384 g/mol. The van der Waals surface area contributed by atoms with Crippen LogP contribution in [0.15, 0.2) is 72.8 Å². The van der Waals surface area contributed by atoms with Gasteiger partial charge in [-0.2, -0.15) is 0 Å². The molecule has 0 N–H and O–H groups in total. The molecule has 6 heteroatoms. The Kier molecular flexibility index (Phi) is 8.69. The first-order chi connectivity index (χ1) is 14.5. The number of ether oxygens (including phenoxy) is 2. The predicted molar refractivity (Wildman–Crippen MR) is 111 cm³/mol. The van der Waals surface area contributed by atoms with Gasteiger partial charge in [-0.3, -0.25) is 9.59 Å². The van der Waals surface area contributed by atoms with Gasteiger partial charge in [0.15, 0.2) is 12.2 Å². The summed E-state index contributed by atoms with van der Waals surface area (Å²) in [6.45, 7) is 3.44. The summed E-state index contributed by atoms with van der Waals surface area (Å²) in [5.74, 6) is -2.32. The van der Waals surface area contributed by atoms with Crippen LogP contribution in [0, 0.1) is 0 Å². The summed E-state index contributed by atoms with van der Waals surface area (Å²) in [6, 6.07) is 17.0. The number of ketones is 2. The fraction of sp³-hybridized carbons (Fsp3) is 0.250. The Hall–Kier alpha value is -3.54. The monoisotopic (exact) mass is 408 g/mol. The predicted octanol–water partition coefficient (Wildman–Crippen LogP) is 3.95. The molecule has 0 spiro atoms. The van der Waals surface area contributed by atoms with Gasteiger partial charge in [-0.15, -0.1) is 0 Å². The SMILES string of the molecule is CCC(OC(=O)/C=C/C(=O)OC(CC)C(=O)c1ccccc1)C(=O)c1ccccc1. The number of esters is 2. The summed E-state index contributed by atoms with van der Waals surface area (Å²) in [7, 11) is 0. The summed E-state index contributed by atoms with van der Waals surface area (Å²) in [5.41, 5.74) is 0.872. The molecule has 2 rings (SSSR count). The molecule has 2 aromatic carbocycles. The van der Waals surface area contributed by atoms with E-state index in [1.54, 1.807) is 74.5 Å². The third-order valence-electron chi connectivity index (χ3n) is 4.32. The first-order valence-corrected chi connectivity index (χ1v) is 9.74. The van der Waals surface area contributed by atoms with Crippen LogP contribution in [0.3, 0.4) is 0 Å². The average Bonchev–Trinajstić information content (AvgIpc) is 2.79. The van der Waals surface area contributed by atoms with Gasteiger partial charge in [-0.1, -0.05) is 74.5 Å². The fourth-order valence-corrected chi connectivity index (χ4v) is 2.72. The third kappa shape index (κ3) is 6.51. The lowest BCUT2D eigenvalue weighted by atomic mass is 10.0. The summed E-state index contributed by atoms with van der Waals surface area (Å²) >= 11 is 0. The summed E-state index contributed by atoms with van der Waals surface area (Å²) in [5, 5.41) is 0. The highest BCUT2D eigenvalue weighted by molar-refractivity contribution is 6.02. The minimum absolute atomic E-state index is 0.293. The second kappa shape index (κ2) is 11.5. The first kappa shape index (κ1) is 22.7. The van der Waals surface area contributed by atoms with Gasteiger partial charge in [0.1, 0.15) is 0 Å². The number of benzene rings is 2. The van der Waals surface area contributed by atoms with Gasteiger partial charge >= 0.3 is 11.9 Å². The van der Waals surface area contributed by atoms with Gasteiger partial charge in [-0.25, -0.2) is 9.59 Å². The zero-order chi connectivity index (χ0) is 21.9. The molecule has 0 aliphatic heterocycles. The minimum atomic E-state index is -0.955. The Morgan fingerprint density at radius 1 is 0.667 bits per heavy atom. The van der Waals surface area contributed by atoms with Gasteiger partial charge in [-0.05, 0) is 12.8 Å². The molecule has 0 aliphatic rings. The fourth-order valence-electron chi connectivity index (χ4n) is 2.72. The van der Waals surface area contributed by atoms with Crippen molar-refractivity contribution in [2.45, 2.75) is 38.9 Å². The molecule has 30 heavy (non-hydrogen) atoms. The molecule has 0 saturated heterocycles. The normalized spacial score (nSPS) is 12.7. The van der Waals surface area contributed by atoms with Crippen molar-refractivity contribution in [1.82, 2.24) is 0 Å². The van der Waals surface area contributed by atoms with E-state index < -0.39 is 24.1 Å². The zero-order valence-corrected chi connectivity index (χ0v) is 16.9. The molecule has 0 radical (unpaired) electrons. The van der Waals surface area contributed by atoms with Crippen molar-refractivity contribution in [3.05, 3.63) is 83.9 Å². The van der Waals surface area contributed by atoms with Crippen molar-refractivity contribution in [2.75, 3.05) is 0 Å². The van der Waals surface area contributed by atoms with E-state index in [0.29, 0.717) is 24.0 Å². The largest absolute Gasteiger partial charge is 0.451 e. The molecule has 0 heterocycles. The molecule has 2 unspecified atom stereocenters. The Bertz CT molecular complexity index is 826. The van der Waals surface area contributed by atoms with Gasteiger partial charge in [0.25, 0.3) is 0 Å². The van der Waals surface area contributed by atoms with Gasteiger partial charge in [0.2, 0.25) is 11.6 Å². The Morgan fingerprint density at radius 2 is 1.00 bits per heavy atom. The van der Waals surface area contributed by atoms with E-state index in [2.05, 4.69) is 0 Å². The number of hydrogen-bond acceptors (Lipinski definition) is 6.